The summed E-state index contributed by atoms with van der Waals surface area (Å²) < 4.78 is 32.5. The molecule has 0 bridgehead atoms. The Labute approximate surface area is 137 Å². The van der Waals surface area contributed by atoms with Crippen LogP contribution in [0.1, 0.15) is 10.4 Å². The molecular weight excluding hydrogens is 312 g/mol. The second-order valence-corrected chi connectivity index (χ2v) is 5.02. The number of para-hydroxylation sites is 1. The van der Waals surface area contributed by atoms with Gasteiger partial charge < -0.3 is 10.1 Å². The predicted octanol–water partition coefficient (Wildman–Crippen LogP) is 5.01. The van der Waals surface area contributed by atoms with Gasteiger partial charge in [-0.25, -0.2) is 8.78 Å². The molecule has 5 heteroatoms. The van der Waals surface area contributed by atoms with Gasteiger partial charge in [0.2, 0.25) is 0 Å². The lowest BCUT2D eigenvalue weighted by Crippen LogP contribution is -2.14. The van der Waals surface area contributed by atoms with Gasteiger partial charge in [-0.2, -0.15) is 0 Å². The summed E-state index contributed by atoms with van der Waals surface area (Å²) in [4.78, 5) is 12.1. The Bertz CT molecular complexity index is 866. The minimum absolute atomic E-state index is 0.357. The van der Waals surface area contributed by atoms with Gasteiger partial charge in [0.05, 0.1) is 5.56 Å². The van der Waals surface area contributed by atoms with E-state index in [0.29, 0.717) is 17.2 Å². The second-order valence-electron chi connectivity index (χ2n) is 5.02. The summed E-state index contributed by atoms with van der Waals surface area (Å²) in [5, 5.41) is 2.53. The van der Waals surface area contributed by atoms with E-state index in [1.54, 1.807) is 36.4 Å². The number of anilines is 1. The summed E-state index contributed by atoms with van der Waals surface area (Å²) in [7, 11) is 0. The van der Waals surface area contributed by atoms with Crippen LogP contribution in [-0.4, -0.2) is 5.91 Å². The van der Waals surface area contributed by atoms with E-state index in [2.05, 4.69) is 5.32 Å². The molecule has 0 atom stereocenters. The summed E-state index contributed by atoms with van der Waals surface area (Å²) in [6.45, 7) is 0. The number of nitrogens with one attached hydrogen (secondary N) is 1. The number of ether oxygens (including phenoxy) is 1. The molecule has 0 saturated carbocycles. The number of carbonyl (C=O) groups excluding carboxylic acids is 1. The first-order chi connectivity index (χ1) is 11.6. The highest BCUT2D eigenvalue weighted by Gasteiger charge is 2.13. The monoisotopic (exact) mass is 325 g/mol. The summed E-state index contributed by atoms with van der Waals surface area (Å²) >= 11 is 0. The zero-order chi connectivity index (χ0) is 16.9. The Kier molecular flexibility index (Phi) is 4.52. The van der Waals surface area contributed by atoms with E-state index in [-0.39, 0.29) is 5.56 Å². The maximum absolute atomic E-state index is 13.6. The highest BCUT2D eigenvalue weighted by molar-refractivity contribution is 6.04. The van der Waals surface area contributed by atoms with E-state index in [1.165, 1.54) is 0 Å². The van der Waals surface area contributed by atoms with Crippen LogP contribution in [0.2, 0.25) is 0 Å². The zero-order valence-corrected chi connectivity index (χ0v) is 12.5. The average molecular weight is 325 g/mol. The van der Waals surface area contributed by atoms with Gasteiger partial charge in [0.1, 0.15) is 23.1 Å². The van der Waals surface area contributed by atoms with Gasteiger partial charge in [0, 0.05) is 11.8 Å². The summed E-state index contributed by atoms with van der Waals surface area (Å²) in [5.74, 6) is -1.03. The Hall–Kier alpha value is -3.21. The highest BCUT2D eigenvalue weighted by Crippen LogP contribution is 2.24. The molecule has 0 spiro atoms. The van der Waals surface area contributed by atoms with Crippen molar-refractivity contribution in [3.8, 4) is 11.5 Å². The molecule has 0 aliphatic heterocycles. The third-order valence-corrected chi connectivity index (χ3v) is 3.24. The van der Waals surface area contributed by atoms with Crippen LogP contribution >= 0.6 is 0 Å². The van der Waals surface area contributed by atoms with Gasteiger partial charge >= 0.3 is 0 Å². The number of carbonyl (C=O) groups is 1. The van der Waals surface area contributed by atoms with Gasteiger partial charge in [-0.05, 0) is 42.5 Å². The van der Waals surface area contributed by atoms with Crippen LogP contribution < -0.4 is 10.1 Å². The molecule has 0 unspecified atom stereocenters. The first-order valence-electron chi connectivity index (χ1n) is 7.21. The zero-order valence-electron chi connectivity index (χ0n) is 12.5. The molecule has 0 aliphatic rings. The van der Waals surface area contributed by atoms with Crippen molar-refractivity contribution in [3.63, 3.8) is 0 Å². The first kappa shape index (κ1) is 15.7. The van der Waals surface area contributed by atoms with Crippen LogP contribution in [0.15, 0.2) is 72.8 Å². The number of rotatable bonds is 4. The van der Waals surface area contributed by atoms with Crippen LogP contribution in [-0.2, 0) is 0 Å². The smallest absolute Gasteiger partial charge is 0.258 e. The molecule has 0 fully saturated rings. The lowest BCUT2D eigenvalue weighted by Gasteiger charge is -2.09. The van der Waals surface area contributed by atoms with Crippen LogP contribution in [0.3, 0.4) is 0 Å². The molecule has 0 aromatic heterocycles. The van der Waals surface area contributed by atoms with E-state index in [4.69, 9.17) is 4.74 Å². The van der Waals surface area contributed by atoms with Crippen molar-refractivity contribution in [2.24, 2.45) is 0 Å². The minimum Gasteiger partial charge on any atom is -0.457 e. The maximum Gasteiger partial charge on any atom is 0.258 e. The van der Waals surface area contributed by atoms with Crippen molar-refractivity contribution in [2.75, 3.05) is 5.32 Å². The van der Waals surface area contributed by atoms with Crippen molar-refractivity contribution in [3.05, 3.63) is 90.0 Å². The van der Waals surface area contributed by atoms with Gasteiger partial charge in [-0.1, -0.05) is 24.3 Å². The number of benzene rings is 3. The fourth-order valence-electron chi connectivity index (χ4n) is 2.13. The molecule has 3 aromatic carbocycles. The summed E-state index contributed by atoms with van der Waals surface area (Å²) in [6, 6.07) is 18.5. The Balaban J connectivity index is 1.77. The largest absolute Gasteiger partial charge is 0.457 e. The van der Waals surface area contributed by atoms with Crippen LogP contribution in [0.25, 0.3) is 0 Å². The van der Waals surface area contributed by atoms with Crippen molar-refractivity contribution >= 4 is 11.6 Å². The third-order valence-electron chi connectivity index (χ3n) is 3.24. The van der Waals surface area contributed by atoms with Crippen LogP contribution in [0.4, 0.5) is 14.5 Å². The molecular formula is C19H13F2NO2. The molecule has 1 amide bonds. The van der Waals surface area contributed by atoms with Crippen molar-refractivity contribution in [1.82, 2.24) is 0 Å². The van der Waals surface area contributed by atoms with Crippen LogP contribution in [0, 0.1) is 11.6 Å². The molecule has 120 valence electrons. The predicted molar refractivity (Wildman–Crippen MR) is 87.3 cm³/mol. The van der Waals surface area contributed by atoms with Crippen molar-refractivity contribution < 1.29 is 18.3 Å². The second kappa shape index (κ2) is 6.91. The maximum atomic E-state index is 13.6. The Morgan fingerprint density at radius 2 is 1.58 bits per heavy atom. The normalized spacial score (nSPS) is 10.2. The molecule has 24 heavy (non-hydrogen) atoms. The molecule has 0 aliphatic carbocycles. The first-order valence-corrected chi connectivity index (χ1v) is 7.21. The van der Waals surface area contributed by atoms with E-state index >= 15 is 0 Å². The molecule has 0 saturated heterocycles. The molecule has 3 aromatic rings. The lowest BCUT2D eigenvalue weighted by atomic mass is 10.2. The van der Waals surface area contributed by atoms with E-state index in [1.807, 2.05) is 18.2 Å². The Morgan fingerprint density at radius 3 is 2.38 bits per heavy atom. The van der Waals surface area contributed by atoms with E-state index in [9.17, 15) is 13.6 Å². The lowest BCUT2D eigenvalue weighted by molar-refractivity contribution is 0.102. The third kappa shape index (κ3) is 3.76. The fraction of sp³-hybridized carbons (Fsp3) is 0. The number of amides is 1. The number of halogens is 2. The Morgan fingerprint density at radius 1 is 0.833 bits per heavy atom. The minimum atomic E-state index is -0.786. The number of hydrogen-bond donors (Lipinski definition) is 1. The molecule has 3 rings (SSSR count). The SMILES string of the molecule is O=C(Nc1cccc(Oc2ccccc2)c1)c1cc(F)ccc1F. The standard InChI is InChI=1S/C19H13F2NO2/c20-13-9-10-18(21)17(11-13)19(23)22-14-5-4-8-16(12-14)24-15-6-2-1-3-7-15/h1-12H,(H,22,23). The summed E-state index contributed by atoms with van der Waals surface area (Å²) in [5.41, 5.74) is 0.0569. The van der Waals surface area contributed by atoms with Crippen molar-refractivity contribution in [1.29, 1.82) is 0 Å². The quantitative estimate of drug-likeness (QED) is 0.732. The van der Waals surface area contributed by atoms with Gasteiger partial charge in [-0.3, -0.25) is 4.79 Å². The highest BCUT2D eigenvalue weighted by atomic mass is 19.1. The van der Waals surface area contributed by atoms with Gasteiger partial charge in [-0.15, -0.1) is 0 Å². The topological polar surface area (TPSA) is 38.3 Å². The molecule has 0 radical (unpaired) electrons. The number of hydrogen-bond acceptors (Lipinski definition) is 2. The van der Waals surface area contributed by atoms with E-state index < -0.39 is 17.5 Å². The molecule has 1 N–H and O–H groups in total. The van der Waals surface area contributed by atoms with E-state index in [0.717, 1.165) is 18.2 Å². The van der Waals surface area contributed by atoms with Crippen molar-refractivity contribution in [2.45, 2.75) is 0 Å². The van der Waals surface area contributed by atoms with Gasteiger partial charge in [0.15, 0.2) is 0 Å². The average Bonchev–Trinajstić information content (AvgIpc) is 2.58. The fourth-order valence-corrected chi connectivity index (χ4v) is 2.13. The molecule has 3 nitrogen and oxygen atoms in total. The molecule has 0 heterocycles. The van der Waals surface area contributed by atoms with Crippen LogP contribution in [0.5, 0.6) is 11.5 Å². The summed E-state index contributed by atoms with van der Waals surface area (Å²) in [6.07, 6.45) is 0. The van der Waals surface area contributed by atoms with Gasteiger partial charge in [0.25, 0.3) is 5.91 Å².